The summed E-state index contributed by atoms with van der Waals surface area (Å²) >= 11 is 0. The molecule has 1 amide bonds. The zero-order chi connectivity index (χ0) is 15.7. The lowest BCUT2D eigenvalue weighted by molar-refractivity contribution is -0.147. The van der Waals surface area contributed by atoms with Gasteiger partial charge in [-0.05, 0) is 24.7 Å². The van der Waals surface area contributed by atoms with Crippen LogP contribution in [0, 0.1) is 0 Å². The third-order valence-electron chi connectivity index (χ3n) is 4.08. The Morgan fingerprint density at radius 3 is 2.82 bits per heavy atom. The van der Waals surface area contributed by atoms with Crippen LogP contribution < -0.4 is 9.47 Å². The van der Waals surface area contributed by atoms with Crippen LogP contribution in [0.25, 0.3) is 0 Å². The largest absolute Gasteiger partial charge is 0.480 e. The number of fused-ring (bicyclic) bond motifs is 1. The van der Waals surface area contributed by atoms with E-state index in [9.17, 15) is 14.7 Å². The quantitative estimate of drug-likeness (QED) is 0.858. The van der Waals surface area contributed by atoms with Crippen LogP contribution in [-0.2, 0) is 16.0 Å². The molecule has 2 aliphatic rings. The molecule has 2 aliphatic heterocycles. The van der Waals surface area contributed by atoms with Gasteiger partial charge in [0.1, 0.15) is 6.04 Å². The maximum atomic E-state index is 12.4. The molecule has 0 unspecified atom stereocenters. The molecule has 0 bridgehead atoms. The van der Waals surface area contributed by atoms with Crippen molar-refractivity contribution >= 4 is 11.9 Å². The average Bonchev–Trinajstić information content (AvgIpc) is 2.94. The molecule has 3 rings (SSSR count). The molecule has 0 aromatic heterocycles. The van der Waals surface area contributed by atoms with Gasteiger partial charge in [-0.25, -0.2) is 0 Å². The van der Waals surface area contributed by atoms with E-state index in [0.29, 0.717) is 24.6 Å². The maximum absolute atomic E-state index is 12.4. The van der Waals surface area contributed by atoms with Gasteiger partial charge in [0.2, 0.25) is 12.7 Å². The van der Waals surface area contributed by atoms with Crippen LogP contribution >= 0.6 is 0 Å². The SMILES string of the molecule is CN1CCN(C(=O)Cc2ccc3c(c2)OCO3)C[C@H]1C(=O)O. The van der Waals surface area contributed by atoms with Crippen molar-refractivity contribution in [2.45, 2.75) is 12.5 Å². The minimum absolute atomic E-state index is 0.0711. The molecule has 0 saturated carbocycles. The number of ether oxygens (including phenoxy) is 2. The predicted octanol–water partition coefficient (Wildman–Crippen LogP) is 0.185. The van der Waals surface area contributed by atoms with Crippen molar-refractivity contribution in [1.29, 1.82) is 0 Å². The molecule has 7 heteroatoms. The molecule has 1 fully saturated rings. The molecule has 22 heavy (non-hydrogen) atoms. The minimum atomic E-state index is -0.900. The number of hydrogen-bond acceptors (Lipinski definition) is 5. The molecular formula is C15H18N2O5. The van der Waals surface area contributed by atoms with Gasteiger partial charge in [0.05, 0.1) is 6.42 Å². The summed E-state index contributed by atoms with van der Waals surface area (Å²) in [5.74, 6) is 0.357. The number of benzene rings is 1. The third kappa shape index (κ3) is 2.85. The lowest BCUT2D eigenvalue weighted by atomic mass is 10.1. The Morgan fingerprint density at radius 2 is 2.05 bits per heavy atom. The average molecular weight is 306 g/mol. The zero-order valence-electron chi connectivity index (χ0n) is 12.3. The molecule has 1 aromatic rings. The summed E-state index contributed by atoms with van der Waals surface area (Å²) in [6, 6.07) is 4.77. The van der Waals surface area contributed by atoms with E-state index < -0.39 is 12.0 Å². The summed E-state index contributed by atoms with van der Waals surface area (Å²) in [6.07, 6.45) is 0.229. The van der Waals surface area contributed by atoms with Gasteiger partial charge >= 0.3 is 5.97 Å². The highest BCUT2D eigenvalue weighted by Crippen LogP contribution is 2.32. The molecule has 1 atom stereocenters. The fraction of sp³-hybridized carbons (Fsp3) is 0.467. The Kier molecular flexibility index (Phi) is 3.89. The third-order valence-corrected chi connectivity index (χ3v) is 4.08. The van der Waals surface area contributed by atoms with Gasteiger partial charge in [0.25, 0.3) is 0 Å². The molecule has 0 radical (unpaired) electrons. The van der Waals surface area contributed by atoms with Crippen molar-refractivity contribution in [3.05, 3.63) is 23.8 Å². The number of carbonyl (C=O) groups excluding carboxylic acids is 1. The number of carboxylic acids is 1. The maximum Gasteiger partial charge on any atom is 0.322 e. The van der Waals surface area contributed by atoms with Gasteiger partial charge in [-0.15, -0.1) is 0 Å². The first-order valence-corrected chi connectivity index (χ1v) is 7.14. The second kappa shape index (κ2) is 5.84. The standard InChI is InChI=1S/C15H18N2O5/c1-16-4-5-17(8-11(16)15(19)20)14(18)7-10-2-3-12-13(6-10)22-9-21-12/h2-3,6,11H,4-5,7-9H2,1H3,(H,19,20)/t11-/m0/s1. The van der Waals surface area contributed by atoms with Crippen LogP contribution in [0.2, 0.25) is 0 Å². The Labute approximate surface area is 128 Å². The number of nitrogens with zero attached hydrogens (tertiary/aromatic N) is 2. The molecule has 7 nitrogen and oxygen atoms in total. The van der Waals surface area contributed by atoms with Crippen LogP contribution in [0.3, 0.4) is 0 Å². The second-order valence-electron chi connectivity index (χ2n) is 5.54. The van der Waals surface area contributed by atoms with Crippen molar-refractivity contribution < 1.29 is 24.2 Å². The normalized spacial score (nSPS) is 21.0. The van der Waals surface area contributed by atoms with Crippen LogP contribution in [0.1, 0.15) is 5.56 Å². The summed E-state index contributed by atoms with van der Waals surface area (Å²) in [7, 11) is 1.76. The summed E-state index contributed by atoms with van der Waals surface area (Å²) in [5.41, 5.74) is 0.833. The minimum Gasteiger partial charge on any atom is -0.480 e. The highest BCUT2D eigenvalue weighted by Gasteiger charge is 2.32. The molecule has 0 spiro atoms. The second-order valence-corrected chi connectivity index (χ2v) is 5.54. The van der Waals surface area contributed by atoms with E-state index in [4.69, 9.17) is 9.47 Å². The first-order valence-electron chi connectivity index (χ1n) is 7.14. The lowest BCUT2D eigenvalue weighted by Crippen LogP contribution is -2.56. The monoisotopic (exact) mass is 306 g/mol. The summed E-state index contributed by atoms with van der Waals surface area (Å²) < 4.78 is 10.5. The zero-order valence-corrected chi connectivity index (χ0v) is 12.3. The van der Waals surface area contributed by atoms with E-state index >= 15 is 0 Å². The fourth-order valence-corrected chi connectivity index (χ4v) is 2.70. The Balaban J connectivity index is 1.65. The Bertz CT molecular complexity index is 604. The summed E-state index contributed by atoms with van der Waals surface area (Å²) in [6.45, 7) is 1.52. The molecule has 2 heterocycles. The molecule has 1 N–H and O–H groups in total. The van der Waals surface area contributed by atoms with Gasteiger partial charge in [-0.2, -0.15) is 0 Å². The number of carbonyl (C=O) groups is 2. The number of hydrogen-bond donors (Lipinski definition) is 1. The van der Waals surface area contributed by atoms with E-state index in [2.05, 4.69) is 0 Å². The molecule has 1 aromatic carbocycles. The lowest BCUT2D eigenvalue weighted by Gasteiger charge is -2.37. The highest BCUT2D eigenvalue weighted by atomic mass is 16.7. The van der Waals surface area contributed by atoms with Gasteiger partial charge in [0.15, 0.2) is 11.5 Å². The summed E-state index contributed by atoms with van der Waals surface area (Å²) in [4.78, 5) is 27.0. The predicted molar refractivity (Wildman–Crippen MR) is 76.9 cm³/mol. The Morgan fingerprint density at radius 1 is 1.27 bits per heavy atom. The number of likely N-dealkylation sites (N-methyl/N-ethyl adjacent to an activating group) is 1. The van der Waals surface area contributed by atoms with Crippen LogP contribution in [0.15, 0.2) is 18.2 Å². The van der Waals surface area contributed by atoms with Gasteiger partial charge in [-0.1, -0.05) is 6.07 Å². The van der Waals surface area contributed by atoms with Gasteiger partial charge in [0, 0.05) is 19.6 Å². The number of rotatable bonds is 3. The van der Waals surface area contributed by atoms with Crippen molar-refractivity contribution in [2.75, 3.05) is 33.5 Å². The van der Waals surface area contributed by atoms with Gasteiger partial charge in [-0.3, -0.25) is 14.5 Å². The van der Waals surface area contributed by atoms with Crippen molar-refractivity contribution in [2.24, 2.45) is 0 Å². The van der Waals surface area contributed by atoms with Crippen LogP contribution in [-0.4, -0.2) is 66.3 Å². The van der Waals surface area contributed by atoms with Gasteiger partial charge < -0.3 is 19.5 Å². The number of aliphatic carboxylic acids is 1. The van der Waals surface area contributed by atoms with E-state index in [1.54, 1.807) is 29.0 Å². The van der Waals surface area contributed by atoms with E-state index in [0.717, 1.165) is 5.56 Å². The smallest absolute Gasteiger partial charge is 0.322 e. The molecule has 118 valence electrons. The summed E-state index contributed by atoms with van der Waals surface area (Å²) in [5, 5.41) is 9.19. The molecule has 1 saturated heterocycles. The fourth-order valence-electron chi connectivity index (χ4n) is 2.70. The van der Waals surface area contributed by atoms with E-state index in [1.807, 2.05) is 6.07 Å². The highest BCUT2D eigenvalue weighted by molar-refractivity contribution is 5.81. The molecular weight excluding hydrogens is 288 g/mol. The van der Waals surface area contributed by atoms with E-state index in [-0.39, 0.29) is 25.7 Å². The Hall–Kier alpha value is -2.28. The van der Waals surface area contributed by atoms with Crippen molar-refractivity contribution in [1.82, 2.24) is 9.80 Å². The first kappa shape index (κ1) is 14.6. The van der Waals surface area contributed by atoms with Crippen LogP contribution in [0.4, 0.5) is 0 Å². The molecule has 0 aliphatic carbocycles. The van der Waals surface area contributed by atoms with Crippen molar-refractivity contribution in [3.63, 3.8) is 0 Å². The number of carboxylic acid groups (broad SMARTS) is 1. The van der Waals surface area contributed by atoms with Crippen LogP contribution in [0.5, 0.6) is 11.5 Å². The first-order chi connectivity index (χ1) is 10.5. The number of piperazine rings is 1. The van der Waals surface area contributed by atoms with E-state index in [1.165, 1.54) is 0 Å². The van der Waals surface area contributed by atoms with Crippen molar-refractivity contribution in [3.8, 4) is 11.5 Å². The number of amides is 1. The topological polar surface area (TPSA) is 79.3 Å².